The highest BCUT2D eigenvalue weighted by Crippen LogP contribution is 2.23. The molecule has 0 bridgehead atoms. The predicted molar refractivity (Wildman–Crippen MR) is 81.2 cm³/mol. The molecule has 0 aromatic heterocycles. The summed E-state index contributed by atoms with van der Waals surface area (Å²) in [5.41, 5.74) is 0.873. The molecule has 1 N–H and O–H groups in total. The Morgan fingerprint density at radius 3 is 2.78 bits per heavy atom. The third-order valence-corrected chi connectivity index (χ3v) is 3.90. The lowest BCUT2D eigenvalue weighted by molar-refractivity contribution is -0.142. The smallest absolute Gasteiger partial charge is 0.325 e. The first-order valence-electron chi connectivity index (χ1n) is 7.47. The second-order valence-electron chi connectivity index (χ2n) is 5.38. The highest BCUT2D eigenvalue weighted by atomic mass is 19.1. The van der Waals surface area contributed by atoms with Gasteiger partial charge < -0.3 is 14.8 Å². The average Bonchev–Trinajstić information content (AvgIpc) is 2.59. The van der Waals surface area contributed by atoms with Gasteiger partial charge in [0.1, 0.15) is 12.4 Å². The van der Waals surface area contributed by atoms with Crippen molar-refractivity contribution in [1.29, 1.82) is 0 Å². The van der Waals surface area contributed by atoms with E-state index in [1.54, 1.807) is 19.1 Å². The standard InChI is InChI=1S/C16H21FN2O4/c1-11(16(21)18-9-15(20)22-2)19-7-8-23-14(10-19)12-3-5-13(17)6-4-12/h3-6,11,14H,7-10H2,1-2H3,(H,18,21). The fourth-order valence-corrected chi connectivity index (χ4v) is 2.45. The van der Waals surface area contributed by atoms with Gasteiger partial charge in [-0.3, -0.25) is 14.5 Å². The molecule has 7 heteroatoms. The van der Waals surface area contributed by atoms with E-state index >= 15 is 0 Å². The largest absolute Gasteiger partial charge is 0.468 e. The Kier molecular flexibility index (Phi) is 6.06. The van der Waals surface area contributed by atoms with Crippen molar-refractivity contribution in [1.82, 2.24) is 10.2 Å². The summed E-state index contributed by atoms with van der Waals surface area (Å²) in [5.74, 6) is -1.02. The second kappa shape index (κ2) is 8.03. The van der Waals surface area contributed by atoms with E-state index in [4.69, 9.17) is 4.74 Å². The van der Waals surface area contributed by atoms with Crippen molar-refractivity contribution in [2.24, 2.45) is 0 Å². The molecule has 0 radical (unpaired) electrons. The molecule has 1 amide bonds. The first-order chi connectivity index (χ1) is 11.0. The number of hydrogen-bond donors (Lipinski definition) is 1. The molecule has 2 rings (SSSR count). The van der Waals surface area contributed by atoms with Crippen molar-refractivity contribution in [3.8, 4) is 0 Å². The van der Waals surface area contributed by atoms with Crippen molar-refractivity contribution in [2.45, 2.75) is 19.1 Å². The maximum Gasteiger partial charge on any atom is 0.325 e. The molecule has 0 saturated carbocycles. The molecule has 126 valence electrons. The average molecular weight is 324 g/mol. The summed E-state index contributed by atoms with van der Waals surface area (Å²) in [4.78, 5) is 25.2. The molecule has 1 saturated heterocycles. The quantitative estimate of drug-likeness (QED) is 0.814. The minimum Gasteiger partial charge on any atom is -0.468 e. The Morgan fingerprint density at radius 1 is 1.43 bits per heavy atom. The SMILES string of the molecule is COC(=O)CNC(=O)C(C)N1CCOC(c2ccc(F)cc2)C1. The molecule has 1 aromatic carbocycles. The van der Waals surface area contributed by atoms with E-state index in [0.29, 0.717) is 19.7 Å². The van der Waals surface area contributed by atoms with Gasteiger partial charge in [-0.2, -0.15) is 0 Å². The summed E-state index contributed by atoms with van der Waals surface area (Å²) >= 11 is 0. The number of halogens is 1. The van der Waals surface area contributed by atoms with Gasteiger partial charge in [0.25, 0.3) is 0 Å². The molecule has 6 nitrogen and oxygen atoms in total. The van der Waals surface area contributed by atoms with Crippen LogP contribution in [0.1, 0.15) is 18.6 Å². The number of benzene rings is 1. The zero-order chi connectivity index (χ0) is 16.8. The van der Waals surface area contributed by atoms with Crippen LogP contribution in [0.3, 0.4) is 0 Å². The Hall–Kier alpha value is -1.99. The van der Waals surface area contributed by atoms with Crippen molar-refractivity contribution >= 4 is 11.9 Å². The van der Waals surface area contributed by atoms with Gasteiger partial charge in [0.05, 0.1) is 25.9 Å². The summed E-state index contributed by atoms with van der Waals surface area (Å²) in [7, 11) is 1.27. The molecule has 2 atom stereocenters. The van der Waals surface area contributed by atoms with Gasteiger partial charge in [0.15, 0.2) is 0 Å². The molecular formula is C16H21FN2O4. The minimum atomic E-state index is -0.489. The molecule has 2 unspecified atom stereocenters. The Labute approximate surface area is 134 Å². The third kappa shape index (κ3) is 4.74. The number of amides is 1. The molecule has 0 aliphatic carbocycles. The summed E-state index contributed by atoms with van der Waals surface area (Å²) in [6.07, 6.45) is -0.208. The summed E-state index contributed by atoms with van der Waals surface area (Å²) in [6.45, 7) is 3.25. The van der Waals surface area contributed by atoms with Crippen molar-refractivity contribution in [2.75, 3.05) is 33.4 Å². The number of carbonyl (C=O) groups excluding carboxylic acids is 2. The molecule has 1 aromatic rings. The first-order valence-corrected chi connectivity index (χ1v) is 7.47. The zero-order valence-corrected chi connectivity index (χ0v) is 13.3. The number of nitrogens with one attached hydrogen (secondary N) is 1. The molecule has 1 heterocycles. The normalized spacial score (nSPS) is 19.9. The number of rotatable bonds is 5. The van der Waals surface area contributed by atoms with Gasteiger partial charge in [-0.1, -0.05) is 12.1 Å². The minimum absolute atomic E-state index is 0.147. The number of morpholine rings is 1. The number of ether oxygens (including phenoxy) is 2. The van der Waals surface area contributed by atoms with Crippen LogP contribution >= 0.6 is 0 Å². The van der Waals surface area contributed by atoms with E-state index in [1.807, 2.05) is 4.90 Å². The van der Waals surface area contributed by atoms with Crippen LogP contribution in [0.5, 0.6) is 0 Å². The van der Waals surface area contributed by atoms with E-state index in [2.05, 4.69) is 10.1 Å². The number of esters is 1. The van der Waals surface area contributed by atoms with Crippen LogP contribution in [0, 0.1) is 5.82 Å². The third-order valence-electron chi connectivity index (χ3n) is 3.90. The van der Waals surface area contributed by atoms with Gasteiger partial charge in [0, 0.05) is 13.1 Å². The van der Waals surface area contributed by atoms with E-state index in [9.17, 15) is 14.0 Å². The maximum atomic E-state index is 13.0. The maximum absolute atomic E-state index is 13.0. The number of nitrogens with zero attached hydrogens (tertiary/aromatic N) is 1. The van der Waals surface area contributed by atoms with Gasteiger partial charge in [-0.05, 0) is 24.6 Å². The number of methoxy groups -OCH3 is 1. The summed E-state index contributed by atoms with van der Waals surface area (Å²) < 4.78 is 23.2. The van der Waals surface area contributed by atoms with Crippen molar-refractivity contribution in [3.05, 3.63) is 35.6 Å². The number of hydrogen-bond acceptors (Lipinski definition) is 5. The van der Waals surface area contributed by atoms with E-state index in [1.165, 1.54) is 19.2 Å². The lowest BCUT2D eigenvalue weighted by Crippen LogP contribution is -2.51. The van der Waals surface area contributed by atoms with Crippen molar-refractivity contribution < 1.29 is 23.5 Å². The topological polar surface area (TPSA) is 67.9 Å². The fourth-order valence-electron chi connectivity index (χ4n) is 2.45. The lowest BCUT2D eigenvalue weighted by Gasteiger charge is -2.36. The first kappa shape index (κ1) is 17.4. The van der Waals surface area contributed by atoms with Gasteiger partial charge in [-0.25, -0.2) is 4.39 Å². The van der Waals surface area contributed by atoms with Crippen LogP contribution in [-0.4, -0.2) is 56.2 Å². The second-order valence-corrected chi connectivity index (χ2v) is 5.38. The highest BCUT2D eigenvalue weighted by molar-refractivity contribution is 5.85. The number of carbonyl (C=O) groups is 2. The van der Waals surface area contributed by atoms with E-state index < -0.39 is 12.0 Å². The predicted octanol–water partition coefficient (Wildman–Crippen LogP) is 0.877. The molecule has 23 heavy (non-hydrogen) atoms. The molecule has 1 fully saturated rings. The Bertz CT molecular complexity index is 550. The van der Waals surface area contributed by atoms with E-state index in [-0.39, 0.29) is 24.4 Å². The van der Waals surface area contributed by atoms with Crippen molar-refractivity contribution in [3.63, 3.8) is 0 Å². The Balaban J connectivity index is 1.93. The van der Waals surface area contributed by atoms with Crippen LogP contribution in [0.2, 0.25) is 0 Å². The molecule has 1 aliphatic heterocycles. The van der Waals surface area contributed by atoms with Gasteiger partial charge in [0.2, 0.25) is 5.91 Å². The van der Waals surface area contributed by atoms with Crippen LogP contribution < -0.4 is 5.32 Å². The van der Waals surface area contributed by atoms with Crippen LogP contribution in [0.25, 0.3) is 0 Å². The lowest BCUT2D eigenvalue weighted by atomic mass is 10.1. The van der Waals surface area contributed by atoms with E-state index in [0.717, 1.165) is 5.56 Å². The monoisotopic (exact) mass is 324 g/mol. The summed E-state index contributed by atoms with van der Waals surface area (Å²) in [6, 6.07) is 5.76. The Morgan fingerprint density at radius 2 is 2.13 bits per heavy atom. The molecular weight excluding hydrogens is 303 g/mol. The fraction of sp³-hybridized carbons (Fsp3) is 0.500. The van der Waals surface area contributed by atoms with Crippen LogP contribution in [0.15, 0.2) is 24.3 Å². The summed E-state index contributed by atoms with van der Waals surface area (Å²) in [5, 5.41) is 2.55. The van der Waals surface area contributed by atoms with Gasteiger partial charge in [-0.15, -0.1) is 0 Å². The zero-order valence-electron chi connectivity index (χ0n) is 13.3. The van der Waals surface area contributed by atoms with Gasteiger partial charge >= 0.3 is 5.97 Å². The highest BCUT2D eigenvalue weighted by Gasteiger charge is 2.28. The molecule has 1 aliphatic rings. The van der Waals surface area contributed by atoms with Crippen LogP contribution in [-0.2, 0) is 19.1 Å². The molecule has 0 spiro atoms. The van der Waals surface area contributed by atoms with Crippen LogP contribution in [0.4, 0.5) is 4.39 Å².